The minimum atomic E-state index is -0.272. The molecule has 30 heavy (non-hydrogen) atoms. The van der Waals surface area contributed by atoms with Gasteiger partial charge in [-0.05, 0) is 57.2 Å². The number of halogens is 1. The van der Waals surface area contributed by atoms with Gasteiger partial charge in [0, 0.05) is 10.9 Å². The summed E-state index contributed by atoms with van der Waals surface area (Å²) in [6.45, 7) is 6.07. The number of benzene rings is 2. The van der Waals surface area contributed by atoms with Gasteiger partial charge in [-0.2, -0.15) is 0 Å². The fraction of sp³-hybridized carbons (Fsp3) is 0.318. The number of carbonyl (C=O) groups excluding carboxylic acids is 1. The Balaban J connectivity index is 1.70. The highest BCUT2D eigenvalue weighted by atomic mass is 35.5. The van der Waals surface area contributed by atoms with E-state index in [9.17, 15) is 4.79 Å². The van der Waals surface area contributed by atoms with Gasteiger partial charge in [-0.25, -0.2) is 0 Å². The molecule has 0 spiro atoms. The van der Waals surface area contributed by atoms with E-state index >= 15 is 0 Å². The predicted octanol–water partition coefficient (Wildman–Crippen LogP) is 5.32. The molecule has 6 nitrogen and oxygen atoms in total. The maximum Gasteiger partial charge on any atom is 0.249 e. The van der Waals surface area contributed by atoms with Crippen molar-refractivity contribution in [2.24, 2.45) is 0 Å². The molecule has 2 aromatic carbocycles. The van der Waals surface area contributed by atoms with Gasteiger partial charge in [0.1, 0.15) is 5.75 Å². The predicted molar refractivity (Wildman–Crippen MR) is 119 cm³/mol. The summed E-state index contributed by atoms with van der Waals surface area (Å²) in [6.07, 6.45) is 0. The molecule has 0 radical (unpaired) electrons. The first kappa shape index (κ1) is 22.2. The third kappa shape index (κ3) is 5.34. The van der Waals surface area contributed by atoms with E-state index < -0.39 is 0 Å². The molecule has 0 N–H and O–H groups in total. The molecule has 0 fully saturated rings. The van der Waals surface area contributed by atoms with Gasteiger partial charge in [-0.15, -0.1) is 22.0 Å². The average molecular weight is 446 g/mol. The van der Waals surface area contributed by atoms with Crippen molar-refractivity contribution in [2.45, 2.75) is 43.5 Å². The fourth-order valence-corrected chi connectivity index (χ4v) is 4.02. The summed E-state index contributed by atoms with van der Waals surface area (Å²) >= 11 is 7.71. The Kier molecular flexibility index (Phi) is 7.39. The van der Waals surface area contributed by atoms with Gasteiger partial charge >= 0.3 is 0 Å². The molecule has 0 saturated carbocycles. The third-order valence-electron chi connectivity index (χ3n) is 4.50. The Hall–Kier alpha value is -2.51. The molecule has 8 heteroatoms. The van der Waals surface area contributed by atoms with Crippen molar-refractivity contribution in [3.63, 3.8) is 0 Å². The molecule has 0 saturated heterocycles. The first-order valence-corrected chi connectivity index (χ1v) is 10.8. The number of methoxy groups -OCH3 is 1. The van der Waals surface area contributed by atoms with Crippen LogP contribution in [0.15, 0.2) is 57.8 Å². The van der Waals surface area contributed by atoms with Crippen LogP contribution in [0.1, 0.15) is 26.7 Å². The zero-order valence-corrected chi connectivity index (χ0v) is 18.9. The lowest BCUT2D eigenvalue weighted by molar-refractivity contribution is -0.133. The molecule has 3 aromatic rings. The van der Waals surface area contributed by atoms with Crippen LogP contribution in [-0.4, -0.2) is 39.4 Å². The minimum Gasteiger partial charge on any atom is -0.497 e. The van der Waals surface area contributed by atoms with E-state index in [1.807, 2.05) is 63.2 Å². The van der Waals surface area contributed by atoms with Crippen molar-refractivity contribution in [3.8, 4) is 17.2 Å². The van der Waals surface area contributed by atoms with Gasteiger partial charge in [0.05, 0.1) is 29.5 Å². The van der Waals surface area contributed by atoms with E-state index in [2.05, 4.69) is 10.2 Å². The van der Waals surface area contributed by atoms with Gasteiger partial charge in [-0.3, -0.25) is 4.79 Å². The third-order valence-corrected chi connectivity index (χ3v) is 5.93. The number of rotatable bonds is 8. The highest BCUT2D eigenvalue weighted by molar-refractivity contribution is 8.00. The number of hydrogen-bond donors (Lipinski definition) is 0. The Bertz CT molecular complexity index is 991. The topological polar surface area (TPSA) is 68.5 Å². The Morgan fingerprint density at radius 3 is 2.47 bits per heavy atom. The second-order valence-corrected chi connectivity index (χ2v) is 8.80. The molecule has 1 heterocycles. The van der Waals surface area contributed by atoms with E-state index in [-0.39, 0.29) is 23.7 Å². The summed E-state index contributed by atoms with van der Waals surface area (Å²) in [5.41, 5.74) is 0.670. The van der Waals surface area contributed by atoms with Crippen LogP contribution in [0.4, 0.5) is 0 Å². The number of ether oxygens (including phenoxy) is 1. The highest BCUT2D eigenvalue weighted by Crippen LogP contribution is 2.29. The van der Waals surface area contributed by atoms with Crippen molar-refractivity contribution < 1.29 is 13.9 Å². The summed E-state index contributed by atoms with van der Waals surface area (Å²) < 4.78 is 11.0. The number of thioether (sulfide) groups is 1. The highest BCUT2D eigenvalue weighted by Gasteiger charge is 2.26. The summed E-state index contributed by atoms with van der Waals surface area (Å²) in [7, 11) is 1.63. The lowest BCUT2D eigenvalue weighted by Gasteiger charge is -2.28. The first-order chi connectivity index (χ1) is 14.4. The number of nitrogens with zero attached hydrogens (tertiary/aromatic N) is 3. The summed E-state index contributed by atoms with van der Waals surface area (Å²) in [5.74, 6) is 1.50. The van der Waals surface area contributed by atoms with E-state index in [4.69, 9.17) is 20.8 Å². The van der Waals surface area contributed by atoms with Crippen molar-refractivity contribution in [3.05, 3.63) is 59.4 Å². The summed E-state index contributed by atoms with van der Waals surface area (Å²) in [4.78, 5) is 15.9. The van der Waals surface area contributed by atoms with Gasteiger partial charge in [0.15, 0.2) is 0 Å². The summed E-state index contributed by atoms with van der Waals surface area (Å²) in [5, 5.41) is 8.47. The number of amides is 1. The van der Waals surface area contributed by atoms with Crippen LogP contribution < -0.4 is 4.74 Å². The molecule has 0 aliphatic carbocycles. The van der Waals surface area contributed by atoms with Gasteiger partial charge in [0.25, 0.3) is 0 Å². The average Bonchev–Trinajstić information content (AvgIpc) is 3.20. The van der Waals surface area contributed by atoms with Crippen molar-refractivity contribution in [1.29, 1.82) is 0 Å². The van der Waals surface area contributed by atoms with Crippen molar-refractivity contribution in [2.75, 3.05) is 7.11 Å². The second-order valence-electron chi connectivity index (χ2n) is 6.98. The SMILES string of the molecule is COc1ccc(SC(C)C(=O)N(Cc2nnc(-c3ccccc3Cl)o2)C(C)C)cc1. The molecular weight excluding hydrogens is 422 g/mol. The minimum absolute atomic E-state index is 0.00307. The molecule has 0 aliphatic rings. The molecule has 1 unspecified atom stereocenters. The summed E-state index contributed by atoms with van der Waals surface area (Å²) in [6, 6.07) is 14.9. The van der Waals surface area contributed by atoms with Crippen LogP contribution in [0.2, 0.25) is 5.02 Å². The maximum atomic E-state index is 13.1. The van der Waals surface area contributed by atoms with Crippen LogP contribution in [0, 0.1) is 0 Å². The van der Waals surface area contributed by atoms with Crippen LogP contribution in [0.3, 0.4) is 0 Å². The number of carbonyl (C=O) groups is 1. The molecule has 1 amide bonds. The Morgan fingerprint density at radius 2 is 1.83 bits per heavy atom. The van der Waals surface area contributed by atoms with E-state index in [0.29, 0.717) is 22.4 Å². The first-order valence-electron chi connectivity index (χ1n) is 9.57. The van der Waals surface area contributed by atoms with Crippen molar-refractivity contribution in [1.82, 2.24) is 15.1 Å². The number of hydrogen-bond acceptors (Lipinski definition) is 6. The quantitative estimate of drug-likeness (QED) is 0.437. The van der Waals surface area contributed by atoms with Gasteiger partial charge in [0.2, 0.25) is 17.7 Å². The Labute approximate surface area is 185 Å². The van der Waals surface area contributed by atoms with Crippen LogP contribution in [0.5, 0.6) is 5.75 Å². The van der Waals surface area contributed by atoms with E-state index in [0.717, 1.165) is 10.6 Å². The van der Waals surface area contributed by atoms with E-state index in [1.54, 1.807) is 18.1 Å². The monoisotopic (exact) mass is 445 g/mol. The largest absolute Gasteiger partial charge is 0.497 e. The Morgan fingerprint density at radius 1 is 1.13 bits per heavy atom. The molecule has 0 aliphatic heterocycles. The fourth-order valence-electron chi connectivity index (χ4n) is 2.86. The zero-order chi connectivity index (χ0) is 21.7. The number of aromatic nitrogens is 2. The molecule has 1 atom stereocenters. The van der Waals surface area contributed by atoms with Crippen LogP contribution in [0.25, 0.3) is 11.5 Å². The normalized spacial score (nSPS) is 12.1. The zero-order valence-electron chi connectivity index (χ0n) is 17.3. The van der Waals surface area contributed by atoms with Crippen molar-refractivity contribution >= 4 is 29.3 Å². The van der Waals surface area contributed by atoms with Gasteiger partial charge < -0.3 is 14.1 Å². The van der Waals surface area contributed by atoms with E-state index in [1.165, 1.54) is 11.8 Å². The lowest BCUT2D eigenvalue weighted by Crippen LogP contribution is -2.40. The molecule has 1 aromatic heterocycles. The smallest absolute Gasteiger partial charge is 0.249 e. The molecule has 158 valence electrons. The standard InChI is InChI=1S/C22H24ClN3O3S/c1-14(2)26(22(27)15(3)30-17-11-9-16(28-4)10-12-17)13-20-24-25-21(29-20)18-7-5-6-8-19(18)23/h5-12,14-15H,13H2,1-4H3. The molecule has 3 rings (SSSR count). The van der Waals surface area contributed by atoms with Crippen LogP contribution >= 0.6 is 23.4 Å². The maximum absolute atomic E-state index is 13.1. The molecular formula is C22H24ClN3O3S. The molecule has 0 bridgehead atoms. The van der Waals surface area contributed by atoms with Gasteiger partial charge in [-0.1, -0.05) is 23.7 Å². The van der Waals surface area contributed by atoms with Crippen LogP contribution in [-0.2, 0) is 11.3 Å². The second kappa shape index (κ2) is 10.00. The lowest BCUT2D eigenvalue weighted by atomic mass is 10.2.